The molecule has 0 aromatic heterocycles. The van der Waals surface area contributed by atoms with Crippen molar-refractivity contribution in [2.45, 2.75) is 57.1 Å². The molecule has 1 aromatic carbocycles. The van der Waals surface area contributed by atoms with E-state index in [-0.39, 0.29) is 5.91 Å². The molecule has 0 radical (unpaired) electrons. The fourth-order valence-corrected chi connectivity index (χ4v) is 3.21. The third-order valence-electron chi connectivity index (χ3n) is 4.60. The van der Waals surface area contributed by atoms with Crippen molar-refractivity contribution in [1.82, 2.24) is 10.2 Å². The fourth-order valence-electron chi connectivity index (χ4n) is 3.21. The van der Waals surface area contributed by atoms with Crippen molar-refractivity contribution in [3.8, 4) is 0 Å². The van der Waals surface area contributed by atoms with Gasteiger partial charge in [-0.05, 0) is 31.9 Å². The average molecular weight is 318 g/mol. The predicted octanol–water partition coefficient (Wildman–Crippen LogP) is 2.88. The summed E-state index contributed by atoms with van der Waals surface area (Å²) in [6, 6.07) is 10.0. The quantitative estimate of drug-likeness (QED) is 0.760. The first kappa shape index (κ1) is 18.0. The van der Waals surface area contributed by atoms with Crippen LogP contribution in [0.15, 0.2) is 30.3 Å². The van der Waals surface area contributed by atoms with Gasteiger partial charge in [-0.3, -0.25) is 9.69 Å². The summed E-state index contributed by atoms with van der Waals surface area (Å²) in [6.07, 6.45) is 7.44. The van der Waals surface area contributed by atoms with Crippen LogP contribution in [-0.4, -0.2) is 42.1 Å². The molecule has 23 heavy (non-hydrogen) atoms. The summed E-state index contributed by atoms with van der Waals surface area (Å²) < 4.78 is 0. The third kappa shape index (κ3) is 6.71. The number of aliphatic hydroxyl groups is 1. The van der Waals surface area contributed by atoms with Crippen LogP contribution in [0.5, 0.6) is 0 Å². The highest BCUT2D eigenvalue weighted by atomic mass is 16.3. The van der Waals surface area contributed by atoms with Crippen LogP contribution in [0.4, 0.5) is 0 Å². The Hall–Kier alpha value is -1.39. The van der Waals surface area contributed by atoms with Crippen molar-refractivity contribution in [3.05, 3.63) is 35.9 Å². The monoisotopic (exact) mass is 318 g/mol. The van der Waals surface area contributed by atoms with Gasteiger partial charge in [0.2, 0.25) is 5.91 Å². The smallest absolute Gasteiger partial charge is 0.234 e. The molecule has 4 nitrogen and oxygen atoms in total. The van der Waals surface area contributed by atoms with Crippen LogP contribution in [-0.2, 0) is 4.79 Å². The van der Waals surface area contributed by atoms with E-state index in [0.29, 0.717) is 25.6 Å². The average Bonchev–Trinajstić information content (AvgIpc) is 2.82. The Balaban J connectivity index is 1.67. The molecule has 0 heterocycles. The number of rotatable bonds is 7. The van der Waals surface area contributed by atoms with Gasteiger partial charge in [-0.15, -0.1) is 0 Å². The fraction of sp³-hybridized carbons (Fsp3) is 0.632. The first-order chi connectivity index (χ1) is 11.1. The van der Waals surface area contributed by atoms with Gasteiger partial charge in [0.05, 0.1) is 12.6 Å². The normalized spacial score (nSPS) is 17.7. The SMILES string of the molecule is CN(CC[C@@H](O)c1ccccc1)CC(=O)NC1CCCCCC1. The molecule has 0 spiro atoms. The predicted molar refractivity (Wildman–Crippen MR) is 93.1 cm³/mol. The summed E-state index contributed by atoms with van der Waals surface area (Å²) in [7, 11) is 1.93. The molecule has 0 saturated heterocycles. The van der Waals surface area contributed by atoms with E-state index in [1.54, 1.807) is 0 Å². The maximum Gasteiger partial charge on any atom is 0.234 e. The summed E-state index contributed by atoms with van der Waals surface area (Å²) in [5, 5.41) is 13.3. The van der Waals surface area contributed by atoms with Crippen LogP contribution < -0.4 is 5.32 Å². The summed E-state index contributed by atoms with van der Waals surface area (Å²) >= 11 is 0. The van der Waals surface area contributed by atoms with E-state index in [9.17, 15) is 9.90 Å². The molecule has 1 saturated carbocycles. The minimum Gasteiger partial charge on any atom is -0.388 e. The number of likely N-dealkylation sites (N-methyl/N-ethyl adjacent to an activating group) is 1. The molecule has 0 unspecified atom stereocenters. The molecule has 1 atom stereocenters. The van der Waals surface area contributed by atoms with Gasteiger partial charge in [-0.25, -0.2) is 0 Å². The summed E-state index contributed by atoms with van der Waals surface area (Å²) in [6.45, 7) is 1.10. The van der Waals surface area contributed by atoms with Gasteiger partial charge in [0.1, 0.15) is 0 Å². The first-order valence-electron chi connectivity index (χ1n) is 8.86. The second-order valence-corrected chi connectivity index (χ2v) is 6.71. The van der Waals surface area contributed by atoms with Crippen molar-refractivity contribution in [2.24, 2.45) is 0 Å². The molecular formula is C19H30N2O2. The van der Waals surface area contributed by atoms with Crippen molar-refractivity contribution in [3.63, 3.8) is 0 Å². The van der Waals surface area contributed by atoms with Crippen molar-refractivity contribution in [2.75, 3.05) is 20.1 Å². The first-order valence-corrected chi connectivity index (χ1v) is 8.86. The highest BCUT2D eigenvalue weighted by Crippen LogP contribution is 2.17. The van der Waals surface area contributed by atoms with E-state index in [0.717, 1.165) is 18.4 Å². The van der Waals surface area contributed by atoms with Crippen LogP contribution in [0, 0.1) is 0 Å². The Bertz CT molecular complexity index is 456. The number of aliphatic hydroxyl groups excluding tert-OH is 1. The van der Waals surface area contributed by atoms with Gasteiger partial charge in [-0.1, -0.05) is 56.0 Å². The maximum absolute atomic E-state index is 12.1. The van der Waals surface area contributed by atoms with Crippen LogP contribution in [0.1, 0.15) is 56.6 Å². The van der Waals surface area contributed by atoms with Crippen molar-refractivity contribution in [1.29, 1.82) is 0 Å². The van der Waals surface area contributed by atoms with Gasteiger partial charge in [0, 0.05) is 12.6 Å². The lowest BCUT2D eigenvalue weighted by Gasteiger charge is -2.21. The maximum atomic E-state index is 12.1. The van der Waals surface area contributed by atoms with E-state index in [1.165, 1.54) is 25.7 Å². The number of hydrogen-bond acceptors (Lipinski definition) is 3. The molecule has 1 amide bonds. The lowest BCUT2D eigenvalue weighted by molar-refractivity contribution is -0.122. The zero-order chi connectivity index (χ0) is 16.5. The largest absolute Gasteiger partial charge is 0.388 e. The van der Waals surface area contributed by atoms with E-state index in [2.05, 4.69) is 5.32 Å². The summed E-state index contributed by atoms with van der Waals surface area (Å²) in [4.78, 5) is 14.1. The molecule has 2 rings (SSSR count). The second-order valence-electron chi connectivity index (χ2n) is 6.71. The molecule has 1 fully saturated rings. The van der Waals surface area contributed by atoms with Gasteiger partial charge >= 0.3 is 0 Å². The molecule has 2 N–H and O–H groups in total. The minimum atomic E-state index is -0.469. The van der Waals surface area contributed by atoms with Crippen LogP contribution in [0.25, 0.3) is 0 Å². The number of nitrogens with one attached hydrogen (secondary N) is 1. The highest BCUT2D eigenvalue weighted by molar-refractivity contribution is 5.78. The number of nitrogens with zero attached hydrogens (tertiary/aromatic N) is 1. The lowest BCUT2D eigenvalue weighted by atomic mass is 10.1. The molecule has 1 aliphatic carbocycles. The molecular weight excluding hydrogens is 288 g/mol. The van der Waals surface area contributed by atoms with Crippen LogP contribution in [0.3, 0.4) is 0 Å². The van der Waals surface area contributed by atoms with E-state index >= 15 is 0 Å². The molecule has 0 bridgehead atoms. The Morgan fingerprint density at radius 3 is 2.52 bits per heavy atom. The van der Waals surface area contributed by atoms with Gasteiger partial charge in [-0.2, -0.15) is 0 Å². The van der Waals surface area contributed by atoms with Crippen molar-refractivity contribution >= 4 is 5.91 Å². The van der Waals surface area contributed by atoms with Gasteiger partial charge in [0.15, 0.2) is 0 Å². The Kier molecular flexibility index (Phi) is 7.56. The van der Waals surface area contributed by atoms with E-state index < -0.39 is 6.10 Å². The Labute approximate surface area is 139 Å². The minimum absolute atomic E-state index is 0.105. The lowest BCUT2D eigenvalue weighted by Crippen LogP contribution is -2.41. The molecule has 1 aliphatic rings. The number of carbonyl (C=O) groups excluding carboxylic acids is 1. The zero-order valence-electron chi connectivity index (χ0n) is 14.2. The van der Waals surface area contributed by atoms with Gasteiger partial charge in [0.25, 0.3) is 0 Å². The number of amides is 1. The summed E-state index contributed by atoms with van der Waals surface area (Å²) in [5.74, 6) is 0.105. The molecule has 1 aromatic rings. The number of hydrogen-bond donors (Lipinski definition) is 2. The highest BCUT2D eigenvalue weighted by Gasteiger charge is 2.16. The third-order valence-corrected chi connectivity index (χ3v) is 4.60. The zero-order valence-corrected chi connectivity index (χ0v) is 14.2. The standard InChI is InChI=1S/C19H30N2O2/c1-21(14-13-18(22)16-9-5-4-6-10-16)15-19(23)20-17-11-7-2-3-8-12-17/h4-6,9-10,17-18,22H,2-3,7-8,11-15H2,1H3,(H,20,23)/t18-/m1/s1. The Morgan fingerprint density at radius 2 is 1.87 bits per heavy atom. The molecule has 0 aliphatic heterocycles. The Morgan fingerprint density at radius 1 is 1.22 bits per heavy atom. The number of carbonyl (C=O) groups is 1. The van der Waals surface area contributed by atoms with Crippen molar-refractivity contribution < 1.29 is 9.90 Å². The van der Waals surface area contributed by atoms with Crippen LogP contribution >= 0.6 is 0 Å². The van der Waals surface area contributed by atoms with Gasteiger partial charge < -0.3 is 10.4 Å². The second kappa shape index (κ2) is 9.68. The summed E-state index contributed by atoms with van der Waals surface area (Å²) in [5.41, 5.74) is 0.934. The molecule has 128 valence electrons. The van der Waals surface area contributed by atoms with Crippen LogP contribution in [0.2, 0.25) is 0 Å². The van der Waals surface area contributed by atoms with E-state index in [4.69, 9.17) is 0 Å². The molecule has 4 heteroatoms. The number of benzene rings is 1. The topological polar surface area (TPSA) is 52.6 Å². The van der Waals surface area contributed by atoms with E-state index in [1.807, 2.05) is 42.3 Å².